The van der Waals surface area contributed by atoms with Crippen molar-refractivity contribution in [3.8, 4) is 0 Å². The van der Waals surface area contributed by atoms with Gasteiger partial charge in [-0.3, -0.25) is 0 Å². The lowest BCUT2D eigenvalue weighted by atomic mass is 9.72. The summed E-state index contributed by atoms with van der Waals surface area (Å²) in [6.45, 7) is 15.5. The molecule has 0 aromatic carbocycles. The van der Waals surface area contributed by atoms with Crippen LogP contribution in [0, 0.1) is 11.3 Å². The van der Waals surface area contributed by atoms with Crippen molar-refractivity contribution in [3.05, 3.63) is 0 Å². The molecular weight excluding hydrogens is 198 g/mol. The van der Waals surface area contributed by atoms with E-state index in [0.717, 1.165) is 13.2 Å². The van der Waals surface area contributed by atoms with Gasteiger partial charge in [-0.1, -0.05) is 20.8 Å². The van der Waals surface area contributed by atoms with Crippen LogP contribution in [0.2, 0.25) is 0 Å². The van der Waals surface area contributed by atoms with Crippen molar-refractivity contribution in [2.45, 2.75) is 59.9 Å². The van der Waals surface area contributed by atoms with Crippen LogP contribution in [0.4, 0.5) is 0 Å². The third-order valence-electron chi connectivity index (χ3n) is 3.84. The van der Waals surface area contributed by atoms with E-state index in [9.17, 15) is 0 Å². The van der Waals surface area contributed by atoms with Crippen LogP contribution in [-0.4, -0.2) is 25.8 Å². The summed E-state index contributed by atoms with van der Waals surface area (Å²) >= 11 is 0. The molecule has 0 fully saturated rings. The molecule has 0 aliphatic heterocycles. The Kier molecular flexibility index (Phi) is 6.57. The molecular formula is C14H31NO. The molecule has 0 aliphatic carbocycles. The molecule has 0 aliphatic rings. The molecule has 0 saturated carbocycles. The quantitative estimate of drug-likeness (QED) is 0.722. The van der Waals surface area contributed by atoms with Crippen molar-refractivity contribution in [1.29, 1.82) is 0 Å². The minimum Gasteiger partial charge on any atom is -0.384 e. The van der Waals surface area contributed by atoms with E-state index in [2.05, 4.69) is 46.9 Å². The van der Waals surface area contributed by atoms with Crippen molar-refractivity contribution in [2.75, 3.05) is 20.3 Å². The zero-order valence-electron chi connectivity index (χ0n) is 12.3. The fourth-order valence-electron chi connectivity index (χ4n) is 2.24. The van der Waals surface area contributed by atoms with Crippen LogP contribution in [0.5, 0.6) is 0 Å². The summed E-state index contributed by atoms with van der Waals surface area (Å²) in [6.07, 6.45) is 2.41. The second-order valence-electron chi connectivity index (χ2n) is 6.03. The monoisotopic (exact) mass is 229 g/mol. The minimum atomic E-state index is 0.197. The summed E-state index contributed by atoms with van der Waals surface area (Å²) in [5.74, 6) is 0.599. The van der Waals surface area contributed by atoms with Crippen molar-refractivity contribution >= 4 is 0 Å². The van der Waals surface area contributed by atoms with E-state index in [1.54, 1.807) is 7.11 Å². The average molecular weight is 229 g/mol. The van der Waals surface area contributed by atoms with E-state index >= 15 is 0 Å². The first-order chi connectivity index (χ1) is 7.31. The third kappa shape index (κ3) is 4.84. The summed E-state index contributed by atoms with van der Waals surface area (Å²) in [4.78, 5) is 0. The third-order valence-corrected chi connectivity index (χ3v) is 3.84. The Morgan fingerprint density at radius 1 is 1.12 bits per heavy atom. The first-order valence-electron chi connectivity index (χ1n) is 6.55. The van der Waals surface area contributed by atoms with E-state index in [4.69, 9.17) is 4.74 Å². The Labute approximate surface area is 102 Å². The van der Waals surface area contributed by atoms with Gasteiger partial charge >= 0.3 is 0 Å². The Hall–Kier alpha value is -0.0800. The maximum Gasteiger partial charge on any atom is 0.0493 e. The molecule has 98 valence electrons. The lowest BCUT2D eigenvalue weighted by Crippen LogP contribution is -2.47. The predicted octanol–water partition coefficient (Wildman–Crippen LogP) is 3.46. The molecule has 0 aromatic heterocycles. The number of hydrogen-bond donors (Lipinski definition) is 1. The molecule has 1 N–H and O–H groups in total. The molecule has 0 saturated heterocycles. The zero-order chi connectivity index (χ0) is 12.8. The molecule has 16 heavy (non-hydrogen) atoms. The van der Waals surface area contributed by atoms with E-state index in [-0.39, 0.29) is 5.54 Å². The predicted molar refractivity (Wildman–Crippen MR) is 71.8 cm³/mol. The second kappa shape index (κ2) is 6.61. The van der Waals surface area contributed by atoms with Crippen LogP contribution in [-0.2, 0) is 4.74 Å². The maximum atomic E-state index is 5.32. The number of hydrogen-bond acceptors (Lipinski definition) is 2. The van der Waals surface area contributed by atoms with Crippen LogP contribution in [0.25, 0.3) is 0 Å². The van der Waals surface area contributed by atoms with Gasteiger partial charge in [-0.15, -0.1) is 0 Å². The Morgan fingerprint density at radius 3 is 1.94 bits per heavy atom. The molecule has 0 heterocycles. The SMILES string of the molecule is CCC(CC)(CNC(C)(C)C)C(C)COC. The first kappa shape index (κ1) is 15.9. The standard InChI is InChI=1S/C14H31NO/c1-8-14(9-2,12(3)10-16-7)11-15-13(4,5)6/h12,15H,8-11H2,1-7H3. The molecule has 1 unspecified atom stereocenters. The van der Waals surface area contributed by atoms with E-state index in [1.165, 1.54) is 12.8 Å². The molecule has 0 rings (SSSR count). The second-order valence-corrected chi connectivity index (χ2v) is 6.03. The van der Waals surface area contributed by atoms with E-state index in [0.29, 0.717) is 11.3 Å². The van der Waals surface area contributed by atoms with Gasteiger partial charge in [0, 0.05) is 25.8 Å². The summed E-state index contributed by atoms with van der Waals surface area (Å²) in [5, 5.41) is 3.65. The molecule has 2 nitrogen and oxygen atoms in total. The highest BCUT2D eigenvalue weighted by Crippen LogP contribution is 2.35. The Morgan fingerprint density at radius 2 is 1.62 bits per heavy atom. The Balaban J connectivity index is 4.55. The van der Waals surface area contributed by atoms with Crippen LogP contribution >= 0.6 is 0 Å². The maximum absolute atomic E-state index is 5.32. The van der Waals surface area contributed by atoms with Gasteiger partial charge in [0.2, 0.25) is 0 Å². The zero-order valence-corrected chi connectivity index (χ0v) is 12.3. The normalized spacial score (nSPS) is 15.2. The Bertz CT molecular complexity index is 180. The lowest BCUT2D eigenvalue weighted by Gasteiger charge is -2.40. The van der Waals surface area contributed by atoms with Gasteiger partial charge in [-0.2, -0.15) is 0 Å². The highest BCUT2D eigenvalue weighted by molar-refractivity contribution is 4.87. The van der Waals surface area contributed by atoms with Crippen LogP contribution < -0.4 is 5.32 Å². The van der Waals surface area contributed by atoms with Gasteiger partial charge in [-0.25, -0.2) is 0 Å². The van der Waals surface area contributed by atoms with Gasteiger partial charge in [-0.05, 0) is 44.9 Å². The van der Waals surface area contributed by atoms with Crippen molar-refractivity contribution in [1.82, 2.24) is 5.32 Å². The average Bonchev–Trinajstić information content (AvgIpc) is 2.19. The van der Waals surface area contributed by atoms with Crippen molar-refractivity contribution < 1.29 is 4.74 Å². The van der Waals surface area contributed by atoms with Gasteiger partial charge < -0.3 is 10.1 Å². The van der Waals surface area contributed by atoms with Gasteiger partial charge in [0.1, 0.15) is 0 Å². The highest BCUT2D eigenvalue weighted by Gasteiger charge is 2.33. The summed E-state index contributed by atoms with van der Waals surface area (Å²) in [5.41, 5.74) is 0.561. The number of rotatable bonds is 7. The molecule has 0 bridgehead atoms. The fraction of sp³-hybridized carbons (Fsp3) is 1.00. The highest BCUT2D eigenvalue weighted by atomic mass is 16.5. The fourth-order valence-corrected chi connectivity index (χ4v) is 2.24. The molecule has 0 aromatic rings. The molecule has 0 spiro atoms. The van der Waals surface area contributed by atoms with Gasteiger partial charge in [0.15, 0.2) is 0 Å². The molecule has 2 heteroatoms. The van der Waals surface area contributed by atoms with E-state index < -0.39 is 0 Å². The summed E-state index contributed by atoms with van der Waals surface area (Å²) < 4.78 is 5.32. The number of methoxy groups -OCH3 is 1. The molecule has 1 atom stereocenters. The van der Waals surface area contributed by atoms with Crippen LogP contribution in [0.3, 0.4) is 0 Å². The first-order valence-corrected chi connectivity index (χ1v) is 6.55. The molecule has 0 radical (unpaired) electrons. The van der Waals surface area contributed by atoms with Crippen molar-refractivity contribution in [3.63, 3.8) is 0 Å². The summed E-state index contributed by atoms with van der Waals surface area (Å²) in [6, 6.07) is 0. The lowest BCUT2D eigenvalue weighted by molar-refractivity contribution is 0.0574. The van der Waals surface area contributed by atoms with Crippen LogP contribution in [0.1, 0.15) is 54.4 Å². The van der Waals surface area contributed by atoms with Crippen LogP contribution in [0.15, 0.2) is 0 Å². The smallest absolute Gasteiger partial charge is 0.0493 e. The topological polar surface area (TPSA) is 21.3 Å². The molecule has 0 amide bonds. The van der Waals surface area contributed by atoms with E-state index in [1.807, 2.05) is 0 Å². The number of ether oxygens (including phenoxy) is 1. The number of nitrogens with one attached hydrogen (secondary N) is 1. The van der Waals surface area contributed by atoms with Gasteiger partial charge in [0.25, 0.3) is 0 Å². The van der Waals surface area contributed by atoms with Gasteiger partial charge in [0.05, 0.1) is 0 Å². The summed E-state index contributed by atoms with van der Waals surface area (Å²) in [7, 11) is 1.80. The minimum absolute atomic E-state index is 0.197. The largest absolute Gasteiger partial charge is 0.384 e. The van der Waals surface area contributed by atoms with Crippen molar-refractivity contribution in [2.24, 2.45) is 11.3 Å².